The lowest BCUT2D eigenvalue weighted by Crippen LogP contribution is -2.65. The van der Waals surface area contributed by atoms with Crippen LogP contribution in [0.4, 0.5) is 10.7 Å². The summed E-state index contributed by atoms with van der Waals surface area (Å²) in [5.74, 6) is 0.534. The quantitative estimate of drug-likeness (QED) is 0.629. The van der Waals surface area contributed by atoms with Crippen molar-refractivity contribution in [2.24, 2.45) is 5.41 Å². The van der Waals surface area contributed by atoms with Crippen LogP contribution in [-0.4, -0.2) is 76.0 Å². The number of ketones is 1. The number of anilines is 1. The molecule has 1 saturated carbocycles. The second-order valence-corrected chi connectivity index (χ2v) is 10.4. The van der Waals surface area contributed by atoms with Gasteiger partial charge < -0.3 is 9.64 Å². The molecule has 1 aliphatic carbocycles. The van der Waals surface area contributed by atoms with Gasteiger partial charge in [0.15, 0.2) is 5.78 Å². The topological polar surface area (TPSA) is 78.9 Å². The third kappa shape index (κ3) is 4.51. The van der Waals surface area contributed by atoms with Crippen LogP contribution in [-0.2, 0) is 11.3 Å². The Morgan fingerprint density at radius 1 is 1.03 bits per heavy atom. The van der Waals surface area contributed by atoms with Gasteiger partial charge in [0, 0.05) is 50.5 Å². The van der Waals surface area contributed by atoms with Crippen LogP contribution in [0.1, 0.15) is 49.5 Å². The minimum absolute atomic E-state index is 0.0197. The first-order valence-electron chi connectivity index (χ1n) is 12.1. The van der Waals surface area contributed by atoms with E-state index in [0.29, 0.717) is 30.0 Å². The molecule has 8 nitrogen and oxygen atoms in total. The Labute approximate surface area is 200 Å². The maximum absolute atomic E-state index is 13.0. The first-order chi connectivity index (χ1) is 16.3. The smallest absolute Gasteiger partial charge is 0.410 e. The number of ether oxygens (including phenoxy) is 1. The van der Waals surface area contributed by atoms with E-state index in [1.165, 1.54) is 12.5 Å². The molecule has 2 saturated heterocycles. The minimum atomic E-state index is -0.215. The molecule has 3 aliphatic rings. The van der Waals surface area contributed by atoms with Gasteiger partial charge in [0.05, 0.1) is 17.6 Å². The standard InChI is InChI=1S/C26H33N5O3/c1-18-13-30(24-27-11-22(12-28-24)20(3)32)14-19(2)31(18)25(33)34-23-9-26(10-23)16-29(17-26)15-21-7-5-4-6-8-21/h4-8,11-12,18-19,23H,9-10,13-17H2,1-3H3/t18-,19-/m1/s1. The van der Waals surface area contributed by atoms with Crippen LogP contribution in [0.3, 0.4) is 0 Å². The Morgan fingerprint density at radius 3 is 2.24 bits per heavy atom. The van der Waals surface area contributed by atoms with Crippen LogP contribution in [0.15, 0.2) is 42.7 Å². The molecule has 3 heterocycles. The van der Waals surface area contributed by atoms with Crippen molar-refractivity contribution in [3.63, 3.8) is 0 Å². The van der Waals surface area contributed by atoms with E-state index in [1.807, 2.05) is 24.8 Å². The molecule has 3 fully saturated rings. The second-order valence-electron chi connectivity index (χ2n) is 10.4. The highest BCUT2D eigenvalue weighted by molar-refractivity contribution is 5.93. The SMILES string of the molecule is CC(=O)c1cnc(N2C[C@@H](C)N(C(=O)OC3CC4(C3)CN(Cc3ccccc3)C4)[C@H](C)C2)nc1. The fourth-order valence-electron chi connectivity index (χ4n) is 5.82. The molecule has 0 N–H and O–H groups in total. The molecule has 2 aliphatic heterocycles. The number of aromatic nitrogens is 2. The monoisotopic (exact) mass is 463 g/mol. The molecule has 180 valence electrons. The van der Waals surface area contributed by atoms with Crippen molar-refractivity contribution in [2.75, 3.05) is 31.1 Å². The van der Waals surface area contributed by atoms with Gasteiger partial charge in [-0.15, -0.1) is 0 Å². The van der Waals surface area contributed by atoms with Crippen molar-refractivity contribution in [3.8, 4) is 0 Å². The van der Waals surface area contributed by atoms with Gasteiger partial charge in [-0.25, -0.2) is 14.8 Å². The predicted molar refractivity (Wildman–Crippen MR) is 129 cm³/mol. The number of nitrogens with zero attached hydrogens (tertiary/aromatic N) is 5. The summed E-state index contributed by atoms with van der Waals surface area (Å²) in [6.07, 6.45) is 4.86. The summed E-state index contributed by atoms with van der Waals surface area (Å²) >= 11 is 0. The lowest BCUT2D eigenvalue weighted by Gasteiger charge is -2.58. The number of Topliss-reactive ketones (excluding diaryl/α,β-unsaturated/α-hetero) is 1. The Morgan fingerprint density at radius 2 is 1.65 bits per heavy atom. The van der Waals surface area contributed by atoms with E-state index in [4.69, 9.17) is 4.74 Å². The molecule has 1 aromatic heterocycles. The first-order valence-corrected chi connectivity index (χ1v) is 12.1. The highest BCUT2D eigenvalue weighted by atomic mass is 16.6. The van der Waals surface area contributed by atoms with Gasteiger partial charge in [0.1, 0.15) is 6.10 Å². The Kier molecular flexibility index (Phi) is 6.02. The molecule has 0 bridgehead atoms. The summed E-state index contributed by atoms with van der Waals surface area (Å²) < 4.78 is 5.92. The van der Waals surface area contributed by atoms with Crippen molar-refractivity contribution in [2.45, 2.75) is 58.3 Å². The highest BCUT2D eigenvalue weighted by Crippen LogP contribution is 2.50. The number of likely N-dealkylation sites (tertiary alicyclic amines) is 1. The average Bonchev–Trinajstić information content (AvgIpc) is 2.76. The van der Waals surface area contributed by atoms with Crippen molar-refractivity contribution in [1.29, 1.82) is 0 Å². The van der Waals surface area contributed by atoms with Gasteiger partial charge in [-0.05, 0) is 39.2 Å². The predicted octanol–water partition coefficient (Wildman–Crippen LogP) is 3.38. The molecule has 1 amide bonds. The second kappa shape index (κ2) is 8.98. The van der Waals surface area contributed by atoms with E-state index in [9.17, 15) is 9.59 Å². The molecule has 1 spiro atoms. The molecule has 2 atom stereocenters. The molecular weight excluding hydrogens is 430 g/mol. The fraction of sp³-hybridized carbons (Fsp3) is 0.538. The van der Waals surface area contributed by atoms with E-state index in [1.54, 1.807) is 12.4 Å². The van der Waals surface area contributed by atoms with Crippen LogP contribution >= 0.6 is 0 Å². The molecule has 0 radical (unpaired) electrons. The van der Waals surface area contributed by atoms with Crippen LogP contribution < -0.4 is 4.90 Å². The summed E-state index contributed by atoms with van der Waals surface area (Å²) in [6.45, 7) is 9.99. The van der Waals surface area contributed by atoms with Gasteiger partial charge in [-0.3, -0.25) is 14.6 Å². The van der Waals surface area contributed by atoms with Crippen LogP contribution in [0.5, 0.6) is 0 Å². The number of amides is 1. The van der Waals surface area contributed by atoms with Gasteiger partial charge >= 0.3 is 6.09 Å². The number of carbonyl (C=O) groups excluding carboxylic acids is 2. The number of piperazine rings is 1. The summed E-state index contributed by atoms with van der Waals surface area (Å²) in [6, 6.07) is 10.5. The molecule has 2 aromatic rings. The van der Waals surface area contributed by atoms with E-state index in [0.717, 1.165) is 32.5 Å². The minimum Gasteiger partial charge on any atom is -0.446 e. The van der Waals surface area contributed by atoms with Gasteiger partial charge in [0.2, 0.25) is 5.95 Å². The zero-order valence-corrected chi connectivity index (χ0v) is 20.2. The first kappa shape index (κ1) is 22.8. The lowest BCUT2D eigenvalue weighted by molar-refractivity contribution is -0.137. The van der Waals surface area contributed by atoms with Gasteiger partial charge in [-0.2, -0.15) is 0 Å². The van der Waals surface area contributed by atoms with E-state index in [2.05, 4.69) is 44.0 Å². The van der Waals surface area contributed by atoms with Crippen molar-refractivity contribution < 1.29 is 14.3 Å². The maximum Gasteiger partial charge on any atom is 0.410 e. The zero-order valence-electron chi connectivity index (χ0n) is 20.2. The summed E-state index contributed by atoms with van der Waals surface area (Å²) in [4.78, 5) is 39.6. The van der Waals surface area contributed by atoms with E-state index >= 15 is 0 Å². The van der Waals surface area contributed by atoms with E-state index in [-0.39, 0.29) is 30.1 Å². The van der Waals surface area contributed by atoms with Crippen molar-refractivity contribution >= 4 is 17.8 Å². The van der Waals surface area contributed by atoms with Gasteiger partial charge in [0.25, 0.3) is 0 Å². The fourth-order valence-corrected chi connectivity index (χ4v) is 5.82. The number of rotatable bonds is 5. The summed E-state index contributed by atoms with van der Waals surface area (Å²) in [5, 5.41) is 0. The molecule has 1 aromatic carbocycles. The highest BCUT2D eigenvalue weighted by Gasteiger charge is 2.54. The molecule has 34 heavy (non-hydrogen) atoms. The van der Waals surface area contributed by atoms with Crippen LogP contribution in [0.25, 0.3) is 0 Å². The number of carbonyl (C=O) groups is 2. The number of hydrogen-bond acceptors (Lipinski definition) is 7. The summed E-state index contributed by atoms with van der Waals surface area (Å²) in [7, 11) is 0. The largest absolute Gasteiger partial charge is 0.446 e. The number of benzene rings is 1. The van der Waals surface area contributed by atoms with Gasteiger partial charge in [-0.1, -0.05) is 30.3 Å². The summed E-state index contributed by atoms with van der Waals surface area (Å²) in [5.41, 5.74) is 2.18. The average molecular weight is 464 g/mol. The Bertz CT molecular complexity index is 1020. The number of hydrogen-bond donors (Lipinski definition) is 0. The van der Waals surface area contributed by atoms with E-state index < -0.39 is 0 Å². The third-order valence-corrected chi connectivity index (χ3v) is 7.41. The molecule has 5 rings (SSSR count). The van der Waals surface area contributed by atoms with Crippen LogP contribution in [0.2, 0.25) is 0 Å². The maximum atomic E-state index is 13.0. The molecular formula is C26H33N5O3. The molecule has 0 unspecified atom stereocenters. The zero-order chi connectivity index (χ0) is 23.9. The lowest BCUT2D eigenvalue weighted by atomic mass is 9.61. The Balaban J connectivity index is 1.09. The molecule has 8 heteroatoms. The normalized spacial score (nSPS) is 24.4. The van der Waals surface area contributed by atoms with Crippen LogP contribution in [0, 0.1) is 5.41 Å². The Hall–Kier alpha value is -3.00. The van der Waals surface area contributed by atoms with Crippen molar-refractivity contribution in [1.82, 2.24) is 19.8 Å². The third-order valence-electron chi connectivity index (χ3n) is 7.41. The van der Waals surface area contributed by atoms with Crippen molar-refractivity contribution in [3.05, 3.63) is 53.9 Å².